The van der Waals surface area contributed by atoms with Crippen LogP contribution in [0, 0.1) is 12.7 Å². The van der Waals surface area contributed by atoms with Gasteiger partial charge in [-0.15, -0.1) is 0 Å². The number of rotatable bonds is 3. The third-order valence-corrected chi connectivity index (χ3v) is 3.23. The summed E-state index contributed by atoms with van der Waals surface area (Å²) in [4.78, 5) is 0. The number of hydrazine groups is 1. The first-order valence-electron chi connectivity index (χ1n) is 5.60. The van der Waals surface area contributed by atoms with Gasteiger partial charge < -0.3 is 0 Å². The molecule has 18 heavy (non-hydrogen) atoms. The van der Waals surface area contributed by atoms with Crippen molar-refractivity contribution in [2.45, 2.75) is 13.0 Å². The van der Waals surface area contributed by atoms with E-state index in [1.54, 1.807) is 12.1 Å². The van der Waals surface area contributed by atoms with Crippen LogP contribution in [0.5, 0.6) is 0 Å². The van der Waals surface area contributed by atoms with Gasteiger partial charge in [-0.2, -0.15) is 0 Å². The molecule has 0 radical (unpaired) electrons. The second-order valence-corrected chi connectivity index (χ2v) is 4.54. The van der Waals surface area contributed by atoms with Crippen LogP contribution in [0.1, 0.15) is 22.7 Å². The molecule has 94 valence electrons. The highest BCUT2D eigenvalue weighted by Crippen LogP contribution is 2.27. The normalized spacial score (nSPS) is 12.4. The van der Waals surface area contributed by atoms with Crippen molar-refractivity contribution in [3.63, 3.8) is 0 Å². The van der Waals surface area contributed by atoms with E-state index >= 15 is 0 Å². The molecular formula is C14H14ClFN2. The molecule has 2 nitrogen and oxygen atoms in total. The monoisotopic (exact) mass is 264 g/mol. The maximum Gasteiger partial charge on any atom is 0.141 e. The van der Waals surface area contributed by atoms with Gasteiger partial charge in [-0.05, 0) is 35.7 Å². The van der Waals surface area contributed by atoms with Gasteiger partial charge >= 0.3 is 0 Å². The van der Waals surface area contributed by atoms with Gasteiger partial charge in [0.1, 0.15) is 5.82 Å². The average molecular weight is 265 g/mol. The van der Waals surface area contributed by atoms with E-state index in [1.165, 1.54) is 6.07 Å². The van der Waals surface area contributed by atoms with Gasteiger partial charge in [0.25, 0.3) is 0 Å². The lowest BCUT2D eigenvalue weighted by atomic mass is 9.95. The van der Waals surface area contributed by atoms with E-state index in [0.717, 1.165) is 16.7 Å². The summed E-state index contributed by atoms with van der Waals surface area (Å²) in [5.74, 6) is 5.18. The van der Waals surface area contributed by atoms with Crippen LogP contribution < -0.4 is 11.3 Å². The van der Waals surface area contributed by atoms with Crippen molar-refractivity contribution in [2.24, 2.45) is 5.84 Å². The predicted molar refractivity (Wildman–Crippen MR) is 71.8 cm³/mol. The maximum atomic E-state index is 13.2. The zero-order chi connectivity index (χ0) is 13.1. The second-order valence-electron chi connectivity index (χ2n) is 4.13. The Bertz CT molecular complexity index is 557. The Morgan fingerprint density at radius 1 is 1.22 bits per heavy atom. The molecule has 0 saturated heterocycles. The summed E-state index contributed by atoms with van der Waals surface area (Å²) in [5.41, 5.74) is 5.73. The highest BCUT2D eigenvalue weighted by atomic mass is 35.5. The van der Waals surface area contributed by atoms with E-state index in [4.69, 9.17) is 17.4 Å². The SMILES string of the molecule is Cc1ccccc1C(NN)c1ccc(F)c(Cl)c1. The van der Waals surface area contributed by atoms with Crippen LogP contribution in [0.2, 0.25) is 5.02 Å². The Morgan fingerprint density at radius 2 is 1.94 bits per heavy atom. The first-order valence-corrected chi connectivity index (χ1v) is 5.98. The Hall–Kier alpha value is -1.42. The van der Waals surface area contributed by atoms with Crippen molar-refractivity contribution >= 4 is 11.6 Å². The van der Waals surface area contributed by atoms with Crippen LogP contribution >= 0.6 is 11.6 Å². The van der Waals surface area contributed by atoms with Crippen LogP contribution in [0.15, 0.2) is 42.5 Å². The molecule has 4 heteroatoms. The fourth-order valence-electron chi connectivity index (χ4n) is 1.97. The van der Waals surface area contributed by atoms with Crippen molar-refractivity contribution in [1.29, 1.82) is 0 Å². The van der Waals surface area contributed by atoms with Crippen LogP contribution in [0.25, 0.3) is 0 Å². The van der Waals surface area contributed by atoms with Crippen LogP contribution in [0.3, 0.4) is 0 Å². The quantitative estimate of drug-likeness (QED) is 0.659. The molecule has 0 aromatic heterocycles. The minimum Gasteiger partial charge on any atom is -0.271 e. The molecule has 0 heterocycles. The lowest BCUT2D eigenvalue weighted by molar-refractivity contribution is 0.615. The van der Waals surface area contributed by atoms with Crippen molar-refractivity contribution in [1.82, 2.24) is 5.43 Å². The molecule has 1 atom stereocenters. The van der Waals surface area contributed by atoms with Gasteiger partial charge in [0.15, 0.2) is 0 Å². The highest BCUT2D eigenvalue weighted by molar-refractivity contribution is 6.30. The van der Waals surface area contributed by atoms with Gasteiger partial charge in [0.05, 0.1) is 11.1 Å². The summed E-state index contributed by atoms with van der Waals surface area (Å²) in [7, 11) is 0. The van der Waals surface area contributed by atoms with E-state index in [1.807, 2.05) is 31.2 Å². The van der Waals surface area contributed by atoms with Crippen LogP contribution in [0.4, 0.5) is 4.39 Å². The molecule has 2 aromatic carbocycles. The highest BCUT2D eigenvalue weighted by Gasteiger charge is 2.15. The lowest BCUT2D eigenvalue weighted by Crippen LogP contribution is -2.29. The molecule has 3 N–H and O–H groups in total. The van der Waals surface area contributed by atoms with E-state index in [-0.39, 0.29) is 11.1 Å². The van der Waals surface area contributed by atoms with E-state index < -0.39 is 5.82 Å². The van der Waals surface area contributed by atoms with Gasteiger partial charge in [-0.25, -0.2) is 9.82 Å². The van der Waals surface area contributed by atoms with Gasteiger partial charge in [-0.1, -0.05) is 41.9 Å². The predicted octanol–water partition coefficient (Wildman–Crippen LogP) is 3.34. The van der Waals surface area contributed by atoms with Crippen LogP contribution in [-0.4, -0.2) is 0 Å². The smallest absolute Gasteiger partial charge is 0.141 e. The number of nitrogens with two attached hydrogens (primary N) is 1. The molecule has 0 aliphatic carbocycles. The fourth-order valence-corrected chi connectivity index (χ4v) is 2.16. The maximum absolute atomic E-state index is 13.2. The molecular weight excluding hydrogens is 251 g/mol. The molecule has 0 amide bonds. The van der Waals surface area contributed by atoms with E-state index in [0.29, 0.717) is 0 Å². The molecule has 1 unspecified atom stereocenters. The summed E-state index contributed by atoms with van der Waals surface area (Å²) < 4.78 is 13.2. The third-order valence-electron chi connectivity index (χ3n) is 2.94. The second kappa shape index (κ2) is 5.48. The lowest BCUT2D eigenvalue weighted by Gasteiger charge is -2.19. The molecule has 0 aliphatic heterocycles. The van der Waals surface area contributed by atoms with Gasteiger partial charge in [-0.3, -0.25) is 5.84 Å². The number of halogens is 2. The number of nitrogens with one attached hydrogen (secondary N) is 1. The summed E-state index contributed by atoms with van der Waals surface area (Å²) in [5, 5.41) is 0.0985. The number of aryl methyl sites for hydroxylation is 1. The minimum absolute atomic E-state index is 0.0985. The molecule has 2 aromatic rings. The van der Waals surface area contributed by atoms with Crippen molar-refractivity contribution in [3.05, 3.63) is 70.0 Å². The number of hydrogen-bond donors (Lipinski definition) is 2. The Balaban J connectivity index is 2.45. The summed E-state index contributed by atoms with van der Waals surface area (Å²) >= 11 is 5.80. The van der Waals surface area contributed by atoms with Gasteiger partial charge in [0.2, 0.25) is 0 Å². The van der Waals surface area contributed by atoms with E-state index in [2.05, 4.69) is 5.43 Å². The fraction of sp³-hybridized carbons (Fsp3) is 0.143. The standard InChI is InChI=1S/C14H14ClFN2/c1-9-4-2-3-5-11(9)14(18-17)10-6-7-13(16)12(15)8-10/h2-8,14,18H,17H2,1H3. The topological polar surface area (TPSA) is 38.0 Å². The average Bonchev–Trinajstić information content (AvgIpc) is 2.37. The Morgan fingerprint density at radius 3 is 2.56 bits per heavy atom. The van der Waals surface area contributed by atoms with Crippen molar-refractivity contribution < 1.29 is 4.39 Å². The van der Waals surface area contributed by atoms with Crippen LogP contribution in [-0.2, 0) is 0 Å². The van der Waals surface area contributed by atoms with Crippen molar-refractivity contribution in [2.75, 3.05) is 0 Å². The van der Waals surface area contributed by atoms with E-state index in [9.17, 15) is 4.39 Å². The molecule has 0 spiro atoms. The zero-order valence-electron chi connectivity index (χ0n) is 9.95. The minimum atomic E-state index is -0.430. The molecule has 0 bridgehead atoms. The number of benzene rings is 2. The van der Waals surface area contributed by atoms with Gasteiger partial charge in [0, 0.05) is 0 Å². The first-order chi connectivity index (χ1) is 8.63. The summed E-state index contributed by atoms with van der Waals surface area (Å²) in [6.45, 7) is 2.00. The molecule has 0 saturated carbocycles. The Labute approximate surface area is 111 Å². The largest absolute Gasteiger partial charge is 0.271 e. The molecule has 2 rings (SSSR count). The number of hydrogen-bond acceptors (Lipinski definition) is 2. The summed E-state index contributed by atoms with van der Waals surface area (Å²) in [6, 6.07) is 12.3. The first kappa shape index (κ1) is 13.0. The molecule has 0 fully saturated rings. The molecule has 0 aliphatic rings. The zero-order valence-corrected chi connectivity index (χ0v) is 10.7. The third kappa shape index (κ3) is 2.53. The van der Waals surface area contributed by atoms with Crippen molar-refractivity contribution in [3.8, 4) is 0 Å². The Kier molecular flexibility index (Phi) is 3.97. The summed E-state index contributed by atoms with van der Waals surface area (Å²) in [6.07, 6.45) is 0.